The van der Waals surface area contributed by atoms with E-state index >= 15 is 0 Å². The van der Waals surface area contributed by atoms with Crippen LogP contribution in [-0.2, 0) is 0 Å². The van der Waals surface area contributed by atoms with Crippen LogP contribution in [0.4, 0.5) is 0 Å². The van der Waals surface area contributed by atoms with Crippen LogP contribution in [0.2, 0.25) is 0 Å². The number of hydrogen-bond acceptors (Lipinski definition) is 1. The highest BCUT2D eigenvalue weighted by Crippen LogP contribution is 2.17. The zero-order valence-electron chi connectivity index (χ0n) is 6.75. The molecule has 0 radical (unpaired) electrons. The predicted octanol–water partition coefficient (Wildman–Crippen LogP) is 2.68. The molecule has 1 aromatic heterocycles. The summed E-state index contributed by atoms with van der Waals surface area (Å²) in [7, 11) is 0. The van der Waals surface area contributed by atoms with E-state index in [1.807, 2.05) is 18.3 Å². The lowest BCUT2D eigenvalue weighted by Crippen LogP contribution is -1.65. The SMILES string of the molecule is C=C.Oc1ccc2[nH]ccc2c1. The Morgan fingerprint density at radius 2 is 1.92 bits per heavy atom. The minimum Gasteiger partial charge on any atom is -0.508 e. The molecular formula is C10H11NO. The lowest BCUT2D eigenvalue weighted by Gasteiger charge is -1.89. The fourth-order valence-electron chi connectivity index (χ4n) is 1.04. The molecule has 2 aromatic rings. The van der Waals surface area contributed by atoms with Gasteiger partial charge < -0.3 is 10.1 Å². The number of rotatable bonds is 0. The Kier molecular flexibility index (Phi) is 2.53. The van der Waals surface area contributed by atoms with E-state index in [0.29, 0.717) is 5.75 Å². The van der Waals surface area contributed by atoms with Crippen LogP contribution in [0.15, 0.2) is 43.6 Å². The number of hydrogen-bond donors (Lipinski definition) is 2. The van der Waals surface area contributed by atoms with Gasteiger partial charge in [-0.3, -0.25) is 0 Å². The van der Waals surface area contributed by atoms with Crippen molar-refractivity contribution in [1.82, 2.24) is 4.98 Å². The molecule has 0 bridgehead atoms. The van der Waals surface area contributed by atoms with Crippen molar-refractivity contribution >= 4 is 10.9 Å². The second-order valence-electron chi connectivity index (χ2n) is 2.25. The summed E-state index contributed by atoms with van der Waals surface area (Å²) in [4.78, 5) is 3.04. The van der Waals surface area contributed by atoms with Crippen LogP contribution >= 0.6 is 0 Å². The Morgan fingerprint density at radius 3 is 2.67 bits per heavy atom. The first-order valence-corrected chi connectivity index (χ1v) is 3.62. The molecule has 2 N–H and O–H groups in total. The number of nitrogens with one attached hydrogen (secondary N) is 1. The summed E-state index contributed by atoms with van der Waals surface area (Å²) < 4.78 is 0. The summed E-state index contributed by atoms with van der Waals surface area (Å²) in [6.45, 7) is 6.00. The molecule has 1 heterocycles. The van der Waals surface area contributed by atoms with Gasteiger partial charge in [0.2, 0.25) is 0 Å². The first-order chi connectivity index (χ1) is 5.86. The normalized spacial score (nSPS) is 9.00. The van der Waals surface area contributed by atoms with Crippen molar-refractivity contribution in [3.8, 4) is 5.75 Å². The van der Waals surface area contributed by atoms with Crippen LogP contribution in [0.5, 0.6) is 5.75 Å². The van der Waals surface area contributed by atoms with Crippen LogP contribution in [0.25, 0.3) is 10.9 Å². The summed E-state index contributed by atoms with van der Waals surface area (Å²) in [6.07, 6.45) is 1.85. The van der Waals surface area contributed by atoms with Crippen molar-refractivity contribution in [1.29, 1.82) is 0 Å². The Morgan fingerprint density at radius 1 is 1.17 bits per heavy atom. The quantitative estimate of drug-likeness (QED) is 0.572. The van der Waals surface area contributed by atoms with Gasteiger partial charge in [-0.2, -0.15) is 0 Å². The molecule has 2 heteroatoms. The number of aromatic hydroxyl groups is 1. The Balaban J connectivity index is 0.000000336. The smallest absolute Gasteiger partial charge is 0.116 e. The van der Waals surface area contributed by atoms with E-state index in [2.05, 4.69) is 18.1 Å². The van der Waals surface area contributed by atoms with E-state index in [0.717, 1.165) is 10.9 Å². The molecule has 0 saturated heterocycles. The van der Waals surface area contributed by atoms with Crippen LogP contribution in [0, 0.1) is 0 Å². The van der Waals surface area contributed by atoms with Gasteiger partial charge in [-0.05, 0) is 24.3 Å². The fourth-order valence-corrected chi connectivity index (χ4v) is 1.04. The zero-order valence-corrected chi connectivity index (χ0v) is 6.75. The highest BCUT2D eigenvalue weighted by molar-refractivity contribution is 5.80. The van der Waals surface area contributed by atoms with Gasteiger partial charge in [0, 0.05) is 17.1 Å². The number of aromatic amines is 1. The van der Waals surface area contributed by atoms with Gasteiger partial charge in [0.15, 0.2) is 0 Å². The maximum absolute atomic E-state index is 9.03. The van der Waals surface area contributed by atoms with Crippen molar-refractivity contribution in [3.63, 3.8) is 0 Å². The van der Waals surface area contributed by atoms with E-state index in [-0.39, 0.29) is 0 Å². The third-order valence-corrected chi connectivity index (χ3v) is 1.54. The minimum absolute atomic E-state index is 0.312. The average Bonchev–Trinajstić information content (AvgIpc) is 2.54. The highest BCUT2D eigenvalue weighted by atomic mass is 16.3. The molecule has 12 heavy (non-hydrogen) atoms. The number of benzene rings is 1. The van der Waals surface area contributed by atoms with Crippen molar-refractivity contribution < 1.29 is 5.11 Å². The average molecular weight is 161 g/mol. The van der Waals surface area contributed by atoms with Gasteiger partial charge in [0.05, 0.1) is 0 Å². The minimum atomic E-state index is 0.312. The first-order valence-electron chi connectivity index (χ1n) is 3.62. The van der Waals surface area contributed by atoms with Gasteiger partial charge >= 0.3 is 0 Å². The lowest BCUT2D eigenvalue weighted by molar-refractivity contribution is 0.476. The van der Waals surface area contributed by atoms with E-state index in [9.17, 15) is 0 Å². The van der Waals surface area contributed by atoms with Crippen molar-refractivity contribution in [3.05, 3.63) is 43.6 Å². The highest BCUT2D eigenvalue weighted by Gasteiger charge is 1.92. The lowest BCUT2D eigenvalue weighted by atomic mass is 10.2. The van der Waals surface area contributed by atoms with E-state index in [1.165, 1.54) is 0 Å². The summed E-state index contributed by atoms with van der Waals surface area (Å²) in [5.74, 6) is 0.312. The molecule has 2 rings (SSSR count). The summed E-state index contributed by atoms with van der Waals surface area (Å²) in [5, 5.41) is 10.1. The monoisotopic (exact) mass is 161 g/mol. The Bertz CT molecular complexity index is 365. The van der Waals surface area contributed by atoms with Crippen LogP contribution in [-0.4, -0.2) is 10.1 Å². The maximum atomic E-state index is 9.03. The molecule has 0 fully saturated rings. The number of aromatic nitrogens is 1. The zero-order chi connectivity index (χ0) is 8.97. The fraction of sp³-hybridized carbons (Fsp3) is 0. The first kappa shape index (κ1) is 8.40. The van der Waals surface area contributed by atoms with E-state index in [4.69, 9.17) is 5.11 Å². The maximum Gasteiger partial charge on any atom is 0.116 e. The Hall–Kier alpha value is -1.70. The van der Waals surface area contributed by atoms with Crippen LogP contribution < -0.4 is 0 Å². The molecule has 0 amide bonds. The predicted molar refractivity (Wildman–Crippen MR) is 51.2 cm³/mol. The largest absolute Gasteiger partial charge is 0.508 e. The van der Waals surface area contributed by atoms with Gasteiger partial charge in [-0.25, -0.2) is 0 Å². The Labute approximate surface area is 71.2 Å². The molecule has 0 aliphatic carbocycles. The van der Waals surface area contributed by atoms with Crippen molar-refractivity contribution in [2.75, 3.05) is 0 Å². The molecule has 1 aromatic carbocycles. The number of fused-ring (bicyclic) bond motifs is 1. The number of H-pyrrole nitrogens is 1. The van der Waals surface area contributed by atoms with Gasteiger partial charge in [-0.1, -0.05) is 0 Å². The molecule has 0 aliphatic heterocycles. The van der Waals surface area contributed by atoms with E-state index in [1.54, 1.807) is 12.1 Å². The molecule has 0 saturated carbocycles. The molecule has 0 aliphatic rings. The number of phenolic OH excluding ortho intramolecular Hbond substituents is 1. The van der Waals surface area contributed by atoms with Crippen molar-refractivity contribution in [2.24, 2.45) is 0 Å². The second kappa shape index (κ2) is 3.62. The van der Waals surface area contributed by atoms with Crippen LogP contribution in [0.1, 0.15) is 0 Å². The topological polar surface area (TPSA) is 36.0 Å². The summed E-state index contributed by atoms with van der Waals surface area (Å²) >= 11 is 0. The van der Waals surface area contributed by atoms with Gasteiger partial charge in [-0.15, -0.1) is 13.2 Å². The second-order valence-corrected chi connectivity index (χ2v) is 2.25. The summed E-state index contributed by atoms with van der Waals surface area (Å²) in [6, 6.07) is 7.17. The van der Waals surface area contributed by atoms with E-state index < -0.39 is 0 Å². The molecule has 0 atom stereocenters. The molecule has 62 valence electrons. The van der Waals surface area contributed by atoms with Gasteiger partial charge in [0.25, 0.3) is 0 Å². The molecule has 2 nitrogen and oxygen atoms in total. The third-order valence-electron chi connectivity index (χ3n) is 1.54. The standard InChI is InChI=1S/C8H7NO.C2H4/c10-7-1-2-8-6(5-7)3-4-9-8;1-2/h1-5,9-10H;1-2H2. The van der Waals surface area contributed by atoms with Crippen LogP contribution in [0.3, 0.4) is 0 Å². The third kappa shape index (κ3) is 1.48. The van der Waals surface area contributed by atoms with Gasteiger partial charge in [0.1, 0.15) is 5.75 Å². The molecular weight excluding hydrogens is 150 g/mol. The molecule has 0 unspecified atom stereocenters. The van der Waals surface area contributed by atoms with Crippen molar-refractivity contribution in [2.45, 2.75) is 0 Å². The summed E-state index contributed by atoms with van der Waals surface area (Å²) in [5.41, 5.74) is 1.05. The number of phenols is 1. The molecule has 0 spiro atoms.